The Labute approximate surface area is 162 Å². The lowest BCUT2D eigenvalue weighted by molar-refractivity contribution is -0.0778. The van der Waals surface area contributed by atoms with Gasteiger partial charge in [0.1, 0.15) is 12.2 Å². The Morgan fingerprint density at radius 1 is 0.857 bits per heavy atom. The van der Waals surface area contributed by atoms with Crippen molar-refractivity contribution in [3.05, 3.63) is 36.4 Å². The van der Waals surface area contributed by atoms with E-state index in [9.17, 15) is 9.59 Å². The molecule has 3 saturated carbocycles. The van der Waals surface area contributed by atoms with Crippen LogP contribution < -0.4 is 0 Å². The van der Waals surface area contributed by atoms with E-state index in [0.717, 1.165) is 6.42 Å². The summed E-state index contributed by atoms with van der Waals surface area (Å²) in [5.41, 5.74) is 0. The fraction of sp³-hybridized carbons (Fsp3) is 0.600. The number of hydrogen-bond donors (Lipinski definition) is 0. The van der Waals surface area contributed by atoms with Gasteiger partial charge in [-0.25, -0.2) is 19.6 Å². The second-order valence-electron chi connectivity index (χ2n) is 8.29. The Balaban J connectivity index is 1.40. The van der Waals surface area contributed by atoms with Crippen LogP contribution in [0.1, 0.15) is 46.9 Å². The van der Waals surface area contributed by atoms with Crippen LogP contribution >= 0.6 is 0 Å². The van der Waals surface area contributed by atoms with Gasteiger partial charge in [0.25, 0.3) is 0 Å². The van der Waals surface area contributed by atoms with Crippen LogP contribution in [0, 0.1) is 23.7 Å². The van der Waals surface area contributed by atoms with Crippen LogP contribution in [0.5, 0.6) is 0 Å². The third kappa shape index (κ3) is 2.57. The zero-order valence-corrected chi connectivity index (χ0v) is 16.0. The Morgan fingerprint density at radius 3 is 1.71 bits per heavy atom. The van der Waals surface area contributed by atoms with E-state index in [0.29, 0.717) is 11.8 Å². The molecular formula is C20H24N4O4. The number of fused-ring (bicyclic) bond motifs is 5. The van der Waals surface area contributed by atoms with Crippen molar-refractivity contribution in [3.63, 3.8) is 0 Å². The van der Waals surface area contributed by atoms with Gasteiger partial charge in [0.05, 0.1) is 0 Å². The lowest BCUT2D eigenvalue weighted by Crippen LogP contribution is -2.45. The van der Waals surface area contributed by atoms with E-state index in [1.807, 2.05) is 0 Å². The predicted molar refractivity (Wildman–Crippen MR) is 97.3 cm³/mol. The van der Waals surface area contributed by atoms with E-state index < -0.39 is 24.1 Å². The summed E-state index contributed by atoms with van der Waals surface area (Å²) in [6, 6.07) is 0. The molecule has 0 aliphatic heterocycles. The van der Waals surface area contributed by atoms with E-state index >= 15 is 0 Å². The average molecular weight is 384 g/mol. The average Bonchev–Trinajstić information content (AvgIpc) is 3.43. The standard InChI is InChI=1S/C20H24N4O4/c1-23-8-6-21-17(23)19(25)27-15-13-10-14(12-5-3-4-11(12)13)16(15)28-20(26)18-22-7-9-24(18)2/h6-9,11-16H,3-5,10H2,1-2H3. The van der Waals surface area contributed by atoms with E-state index in [2.05, 4.69) is 9.97 Å². The number of rotatable bonds is 4. The summed E-state index contributed by atoms with van der Waals surface area (Å²) < 4.78 is 15.1. The molecule has 3 aliphatic rings. The van der Waals surface area contributed by atoms with Gasteiger partial charge in [-0.1, -0.05) is 6.42 Å². The van der Waals surface area contributed by atoms with Gasteiger partial charge in [-0.05, 0) is 31.1 Å². The third-order valence-electron chi connectivity index (χ3n) is 6.93. The molecule has 148 valence electrons. The molecule has 0 N–H and O–H groups in total. The number of esters is 2. The molecule has 0 saturated heterocycles. The highest BCUT2D eigenvalue weighted by Crippen LogP contribution is 2.60. The van der Waals surface area contributed by atoms with Gasteiger partial charge in [-0.2, -0.15) is 0 Å². The molecule has 3 aliphatic carbocycles. The first-order valence-corrected chi connectivity index (χ1v) is 9.91. The second kappa shape index (κ2) is 6.46. The van der Waals surface area contributed by atoms with Crippen molar-refractivity contribution in [1.82, 2.24) is 19.1 Å². The molecule has 0 amide bonds. The maximum Gasteiger partial charge on any atom is 0.374 e. The van der Waals surface area contributed by atoms with Crippen molar-refractivity contribution in [2.45, 2.75) is 37.9 Å². The van der Waals surface area contributed by atoms with Gasteiger partial charge < -0.3 is 18.6 Å². The highest BCUT2D eigenvalue weighted by atomic mass is 16.6. The van der Waals surface area contributed by atoms with Crippen LogP contribution in [-0.4, -0.2) is 43.2 Å². The summed E-state index contributed by atoms with van der Waals surface area (Å²) in [6.07, 6.45) is 10.2. The van der Waals surface area contributed by atoms with Crippen molar-refractivity contribution in [2.75, 3.05) is 0 Å². The number of imidazole rings is 2. The van der Waals surface area contributed by atoms with E-state index in [4.69, 9.17) is 9.47 Å². The van der Waals surface area contributed by atoms with Crippen molar-refractivity contribution in [3.8, 4) is 0 Å². The molecule has 0 radical (unpaired) electrons. The number of carbonyl (C=O) groups excluding carboxylic acids is 2. The summed E-state index contributed by atoms with van der Waals surface area (Å²) in [4.78, 5) is 33.6. The SMILES string of the molecule is Cn1ccnc1C(=O)OC1C2CC(C3CCCC32)C1OC(=O)c1nccn1C. The minimum atomic E-state index is -0.461. The molecule has 0 spiro atoms. The first-order valence-electron chi connectivity index (χ1n) is 9.91. The molecule has 6 unspecified atom stereocenters. The summed E-state index contributed by atoms with van der Waals surface area (Å²) in [6.45, 7) is 0. The smallest absolute Gasteiger partial charge is 0.374 e. The summed E-state index contributed by atoms with van der Waals surface area (Å²) in [5.74, 6) is 1.23. The van der Waals surface area contributed by atoms with Gasteiger partial charge >= 0.3 is 11.9 Å². The second-order valence-corrected chi connectivity index (χ2v) is 8.29. The van der Waals surface area contributed by atoms with Crippen LogP contribution in [0.25, 0.3) is 0 Å². The number of ether oxygens (including phenoxy) is 2. The molecule has 2 aromatic heterocycles. The Bertz CT molecular complexity index is 847. The molecule has 28 heavy (non-hydrogen) atoms. The molecular weight excluding hydrogens is 360 g/mol. The molecule has 0 aromatic carbocycles. The number of hydrogen-bond acceptors (Lipinski definition) is 6. The zero-order chi connectivity index (χ0) is 19.4. The van der Waals surface area contributed by atoms with Crippen molar-refractivity contribution >= 4 is 11.9 Å². The normalized spacial score (nSPS) is 33.1. The van der Waals surface area contributed by atoms with E-state index in [1.165, 1.54) is 19.3 Å². The summed E-state index contributed by atoms with van der Waals surface area (Å²) in [5, 5.41) is 0. The molecule has 8 nitrogen and oxygen atoms in total. The Hall–Kier alpha value is -2.64. The van der Waals surface area contributed by atoms with Gasteiger partial charge in [0.15, 0.2) is 0 Å². The highest BCUT2D eigenvalue weighted by molar-refractivity contribution is 5.86. The van der Waals surface area contributed by atoms with Crippen LogP contribution in [0.15, 0.2) is 24.8 Å². The molecule has 3 fully saturated rings. The highest BCUT2D eigenvalue weighted by Gasteiger charge is 2.62. The Morgan fingerprint density at radius 2 is 1.32 bits per heavy atom. The predicted octanol–water partition coefficient (Wildman–Crippen LogP) is 1.97. The van der Waals surface area contributed by atoms with E-state index in [-0.39, 0.29) is 23.5 Å². The largest absolute Gasteiger partial charge is 0.452 e. The molecule has 2 bridgehead atoms. The van der Waals surface area contributed by atoms with Crippen LogP contribution in [0.4, 0.5) is 0 Å². The van der Waals surface area contributed by atoms with Gasteiger partial charge in [-0.15, -0.1) is 0 Å². The van der Waals surface area contributed by atoms with Crippen molar-refractivity contribution in [2.24, 2.45) is 37.8 Å². The lowest BCUT2D eigenvalue weighted by atomic mass is 9.78. The minimum Gasteiger partial charge on any atom is -0.452 e. The zero-order valence-electron chi connectivity index (χ0n) is 16.0. The maximum atomic E-state index is 12.7. The first-order chi connectivity index (χ1) is 13.5. The summed E-state index contributed by atoms with van der Waals surface area (Å²) >= 11 is 0. The van der Waals surface area contributed by atoms with Crippen molar-refractivity contribution in [1.29, 1.82) is 0 Å². The molecule has 2 heterocycles. The topological polar surface area (TPSA) is 88.2 Å². The molecule has 2 aromatic rings. The quantitative estimate of drug-likeness (QED) is 0.749. The maximum absolute atomic E-state index is 12.7. The van der Waals surface area contributed by atoms with Crippen LogP contribution in [-0.2, 0) is 23.6 Å². The summed E-state index contributed by atoms with van der Waals surface area (Å²) in [7, 11) is 3.52. The third-order valence-corrected chi connectivity index (χ3v) is 6.93. The van der Waals surface area contributed by atoms with Gasteiger partial charge in [0.2, 0.25) is 11.6 Å². The van der Waals surface area contributed by atoms with Crippen LogP contribution in [0.3, 0.4) is 0 Å². The fourth-order valence-electron chi connectivity index (χ4n) is 5.77. The van der Waals surface area contributed by atoms with Crippen molar-refractivity contribution < 1.29 is 19.1 Å². The molecule has 8 heteroatoms. The Kier molecular flexibility index (Phi) is 4.03. The fourth-order valence-corrected chi connectivity index (χ4v) is 5.77. The number of carbonyl (C=O) groups is 2. The monoisotopic (exact) mass is 384 g/mol. The number of aromatic nitrogens is 4. The first kappa shape index (κ1) is 17.5. The lowest BCUT2D eigenvalue weighted by Gasteiger charge is -2.36. The van der Waals surface area contributed by atoms with E-state index in [1.54, 1.807) is 48.0 Å². The number of aryl methyl sites for hydroxylation is 2. The molecule has 5 rings (SSSR count). The van der Waals surface area contributed by atoms with Gasteiger partial charge in [0, 0.05) is 50.7 Å². The van der Waals surface area contributed by atoms with Gasteiger partial charge in [-0.3, -0.25) is 0 Å². The number of nitrogens with zero attached hydrogens (tertiary/aromatic N) is 4. The molecule has 6 atom stereocenters. The van der Waals surface area contributed by atoms with Crippen LogP contribution in [0.2, 0.25) is 0 Å². The minimum absolute atomic E-state index is 0.251.